The van der Waals surface area contributed by atoms with Crippen molar-refractivity contribution in [3.05, 3.63) is 130 Å². The van der Waals surface area contributed by atoms with Gasteiger partial charge in [-0.2, -0.15) is 0 Å². The van der Waals surface area contributed by atoms with E-state index in [9.17, 15) is 18.0 Å². The van der Waals surface area contributed by atoms with Gasteiger partial charge in [0.15, 0.2) is 0 Å². The van der Waals surface area contributed by atoms with Crippen LogP contribution < -0.4 is 9.62 Å². The normalized spacial score (nSPS) is 12.6. The summed E-state index contributed by atoms with van der Waals surface area (Å²) in [6, 6.07) is 30.2. The maximum absolute atomic E-state index is 14.5. The van der Waals surface area contributed by atoms with E-state index in [4.69, 9.17) is 11.6 Å². The molecule has 0 aliphatic rings. The number of anilines is 1. The second-order valence-electron chi connectivity index (χ2n) is 10.5. The number of nitrogens with one attached hydrogen (secondary N) is 1. The van der Waals surface area contributed by atoms with Crippen LogP contribution in [0.15, 0.2) is 119 Å². The van der Waals surface area contributed by atoms with Gasteiger partial charge in [-0.15, -0.1) is 0 Å². The molecule has 0 saturated heterocycles. The minimum Gasteiger partial charge on any atom is -0.352 e. The Hall–Kier alpha value is -3.66. The van der Waals surface area contributed by atoms with Crippen LogP contribution in [0.4, 0.5) is 5.69 Å². The van der Waals surface area contributed by atoms with Gasteiger partial charge in [0.25, 0.3) is 10.0 Å². The van der Waals surface area contributed by atoms with Crippen LogP contribution in [0.25, 0.3) is 0 Å². The molecule has 4 rings (SSSR count). The van der Waals surface area contributed by atoms with Crippen LogP contribution in [0.5, 0.6) is 0 Å². The Morgan fingerprint density at radius 2 is 1.50 bits per heavy atom. The van der Waals surface area contributed by atoms with Gasteiger partial charge in [0, 0.05) is 28.5 Å². The predicted molar refractivity (Wildman–Crippen MR) is 179 cm³/mol. The summed E-state index contributed by atoms with van der Waals surface area (Å²) in [6.07, 6.45) is 0.940. The molecule has 230 valence electrons. The number of amides is 2. The summed E-state index contributed by atoms with van der Waals surface area (Å²) in [5, 5.41) is 3.52. The van der Waals surface area contributed by atoms with E-state index in [0.29, 0.717) is 27.2 Å². The van der Waals surface area contributed by atoms with Crippen molar-refractivity contribution in [2.45, 2.75) is 50.2 Å². The van der Waals surface area contributed by atoms with Crippen molar-refractivity contribution >= 4 is 55.1 Å². The van der Waals surface area contributed by atoms with Crippen molar-refractivity contribution < 1.29 is 18.0 Å². The molecule has 0 aliphatic heterocycles. The topological polar surface area (TPSA) is 86.8 Å². The molecule has 4 aromatic rings. The van der Waals surface area contributed by atoms with Gasteiger partial charge in [0.1, 0.15) is 12.6 Å². The lowest BCUT2D eigenvalue weighted by Crippen LogP contribution is -2.54. The number of rotatable bonds is 13. The van der Waals surface area contributed by atoms with Crippen molar-refractivity contribution in [3.63, 3.8) is 0 Å². The number of halogens is 2. The Kier molecular flexibility index (Phi) is 11.6. The second-order valence-corrected chi connectivity index (χ2v) is 13.7. The molecule has 1 N–H and O–H groups in total. The predicted octanol–water partition coefficient (Wildman–Crippen LogP) is 6.85. The zero-order valence-electron chi connectivity index (χ0n) is 24.6. The van der Waals surface area contributed by atoms with Crippen molar-refractivity contribution in [2.24, 2.45) is 0 Å². The third-order valence-electron chi connectivity index (χ3n) is 7.22. The quantitative estimate of drug-likeness (QED) is 0.166. The number of hydrogen-bond donors (Lipinski definition) is 1. The summed E-state index contributed by atoms with van der Waals surface area (Å²) in [7, 11) is -4.16. The van der Waals surface area contributed by atoms with Gasteiger partial charge in [-0.1, -0.05) is 101 Å². The molecular formula is C34H35BrClN3O4S. The zero-order valence-corrected chi connectivity index (χ0v) is 27.7. The van der Waals surface area contributed by atoms with Crippen LogP contribution in [-0.4, -0.2) is 43.8 Å². The van der Waals surface area contributed by atoms with Gasteiger partial charge in [0.2, 0.25) is 11.8 Å². The summed E-state index contributed by atoms with van der Waals surface area (Å²) >= 11 is 9.73. The van der Waals surface area contributed by atoms with Crippen LogP contribution in [0.1, 0.15) is 31.4 Å². The fourth-order valence-corrected chi connectivity index (χ4v) is 6.73. The SMILES string of the molecule is CC[C@H](C)NC(=O)[C@H](Cc1ccccc1)N(Cc1cccc(Cl)c1)C(=O)CN(c1cccc(Br)c1)S(=O)(=O)c1ccccc1. The summed E-state index contributed by atoms with van der Waals surface area (Å²) in [6.45, 7) is 3.39. The van der Waals surface area contributed by atoms with E-state index in [1.807, 2.05) is 50.2 Å². The minimum absolute atomic E-state index is 0.0442. The Bertz CT molecular complexity index is 1670. The first-order chi connectivity index (χ1) is 21.1. The molecule has 0 radical (unpaired) electrons. The number of sulfonamides is 1. The van der Waals surface area contributed by atoms with Crippen LogP contribution >= 0.6 is 27.5 Å². The third kappa shape index (κ3) is 8.71. The second kappa shape index (κ2) is 15.4. The number of hydrogen-bond acceptors (Lipinski definition) is 4. The van der Waals surface area contributed by atoms with Gasteiger partial charge in [-0.25, -0.2) is 8.42 Å². The highest BCUT2D eigenvalue weighted by molar-refractivity contribution is 9.10. The van der Waals surface area contributed by atoms with Crippen LogP contribution in [-0.2, 0) is 32.6 Å². The molecule has 0 aromatic heterocycles. The first kappa shape index (κ1) is 33.2. The molecule has 44 heavy (non-hydrogen) atoms. The highest BCUT2D eigenvalue weighted by Crippen LogP contribution is 2.27. The summed E-state index contributed by atoms with van der Waals surface area (Å²) in [5.41, 5.74) is 1.88. The first-order valence-corrected chi connectivity index (χ1v) is 16.9. The molecule has 2 amide bonds. The van der Waals surface area contributed by atoms with E-state index >= 15 is 0 Å². The monoisotopic (exact) mass is 695 g/mol. The van der Waals surface area contributed by atoms with Crippen molar-refractivity contribution in [1.82, 2.24) is 10.2 Å². The van der Waals surface area contributed by atoms with E-state index in [1.165, 1.54) is 17.0 Å². The Morgan fingerprint density at radius 3 is 2.14 bits per heavy atom. The highest BCUT2D eigenvalue weighted by atomic mass is 79.9. The molecule has 0 aliphatic carbocycles. The summed E-state index contributed by atoms with van der Waals surface area (Å²) in [5.74, 6) is -0.858. The van der Waals surface area contributed by atoms with Gasteiger partial charge in [-0.3, -0.25) is 13.9 Å². The van der Waals surface area contributed by atoms with Crippen molar-refractivity contribution in [3.8, 4) is 0 Å². The largest absolute Gasteiger partial charge is 0.352 e. The Labute approximate surface area is 273 Å². The lowest BCUT2D eigenvalue weighted by molar-refractivity contribution is -0.140. The van der Waals surface area contributed by atoms with Gasteiger partial charge >= 0.3 is 0 Å². The average Bonchev–Trinajstić information content (AvgIpc) is 3.02. The minimum atomic E-state index is -4.16. The van der Waals surface area contributed by atoms with E-state index < -0.39 is 28.5 Å². The molecule has 0 saturated carbocycles. The van der Waals surface area contributed by atoms with Crippen molar-refractivity contribution in [1.29, 1.82) is 0 Å². The lowest BCUT2D eigenvalue weighted by atomic mass is 10.0. The number of carbonyl (C=O) groups is 2. The summed E-state index contributed by atoms with van der Waals surface area (Å²) < 4.78 is 29.8. The van der Waals surface area contributed by atoms with Crippen LogP contribution in [0, 0.1) is 0 Å². The molecule has 0 bridgehead atoms. The van der Waals surface area contributed by atoms with Gasteiger partial charge in [0.05, 0.1) is 10.6 Å². The molecule has 0 fully saturated rings. The standard InChI is InChI=1S/C34H35BrClN3O4S/c1-3-25(2)37-34(41)32(21-26-12-6-4-7-13-26)38(23-27-14-10-16-29(36)20-27)33(40)24-39(30-17-11-15-28(35)22-30)44(42,43)31-18-8-5-9-19-31/h4-20,22,25,32H,3,21,23-24H2,1-2H3,(H,37,41)/t25-,32-/m0/s1. The highest BCUT2D eigenvalue weighted by Gasteiger charge is 2.35. The van der Waals surface area contributed by atoms with Crippen LogP contribution in [0.2, 0.25) is 5.02 Å². The fourth-order valence-electron chi connectivity index (χ4n) is 4.71. The Balaban J connectivity index is 1.80. The smallest absolute Gasteiger partial charge is 0.264 e. The van der Waals surface area contributed by atoms with E-state index in [1.54, 1.807) is 60.7 Å². The van der Waals surface area contributed by atoms with E-state index in [-0.39, 0.29) is 29.8 Å². The average molecular weight is 697 g/mol. The molecule has 0 unspecified atom stereocenters. The third-order valence-corrected chi connectivity index (χ3v) is 9.74. The molecule has 0 heterocycles. The number of carbonyl (C=O) groups excluding carboxylic acids is 2. The van der Waals surface area contributed by atoms with Gasteiger partial charge < -0.3 is 10.2 Å². The van der Waals surface area contributed by atoms with E-state index in [0.717, 1.165) is 9.87 Å². The molecular weight excluding hydrogens is 662 g/mol. The van der Waals surface area contributed by atoms with Crippen molar-refractivity contribution in [2.75, 3.05) is 10.8 Å². The lowest BCUT2D eigenvalue weighted by Gasteiger charge is -2.34. The maximum atomic E-state index is 14.5. The fraction of sp³-hybridized carbons (Fsp3) is 0.235. The summed E-state index contributed by atoms with van der Waals surface area (Å²) in [4.78, 5) is 29.8. The van der Waals surface area contributed by atoms with Crippen LogP contribution in [0.3, 0.4) is 0 Å². The van der Waals surface area contributed by atoms with Gasteiger partial charge in [-0.05, 0) is 66.9 Å². The number of nitrogens with zero attached hydrogens (tertiary/aromatic N) is 2. The molecule has 4 aromatic carbocycles. The Morgan fingerprint density at radius 1 is 0.864 bits per heavy atom. The maximum Gasteiger partial charge on any atom is 0.264 e. The zero-order chi connectivity index (χ0) is 31.7. The first-order valence-electron chi connectivity index (χ1n) is 14.3. The van der Waals surface area contributed by atoms with E-state index in [2.05, 4.69) is 21.2 Å². The number of benzene rings is 4. The molecule has 10 heteroatoms. The molecule has 7 nitrogen and oxygen atoms in total. The molecule has 0 spiro atoms. The molecule has 2 atom stereocenters.